The zero-order valence-corrected chi connectivity index (χ0v) is 11.5. The molecule has 0 heterocycles. The fourth-order valence-corrected chi connectivity index (χ4v) is 1.49. The molecule has 0 spiro atoms. The molecule has 0 aliphatic heterocycles. The molecule has 0 saturated carbocycles. The number of ether oxygens (including phenoxy) is 1. The Kier molecular flexibility index (Phi) is 6.69. The van der Waals surface area contributed by atoms with Crippen molar-refractivity contribution < 1.29 is 4.74 Å². The van der Waals surface area contributed by atoms with E-state index in [9.17, 15) is 0 Å². The average molecular weight is 249 g/mol. The third-order valence-corrected chi connectivity index (χ3v) is 2.47. The molecule has 0 unspecified atom stereocenters. The highest BCUT2D eigenvalue weighted by atomic mass is 16.5. The van der Waals surface area contributed by atoms with E-state index < -0.39 is 0 Å². The maximum absolute atomic E-state index is 5.13. The third kappa shape index (κ3) is 5.08. The van der Waals surface area contributed by atoms with E-state index in [0.717, 1.165) is 31.2 Å². The lowest BCUT2D eigenvalue weighted by Crippen LogP contribution is -2.37. The minimum Gasteiger partial charge on any atom is -0.497 e. The van der Waals surface area contributed by atoms with Crippen molar-refractivity contribution in [3.05, 3.63) is 29.8 Å². The Morgan fingerprint density at radius 3 is 2.44 bits per heavy atom. The molecule has 0 saturated heterocycles. The molecule has 1 aromatic rings. The fraction of sp³-hybridized carbons (Fsp3) is 0.500. The lowest BCUT2D eigenvalue weighted by molar-refractivity contribution is 0.414. The highest BCUT2D eigenvalue weighted by Gasteiger charge is 1.97. The first kappa shape index (κ1) is 14.4. The van der Waals surface area contributed by atoms with Crippen LogP contribution in [0.4, 0.5) is 0 Å². The number of hydrogen-bond donors (Lipinski definition) is 2. The molecule has 2 N–H and O–H groups in total. The van der Waals surface area contributed by atoms with Crippen molar-refractivity contribution in [2.45, 2.75) is 26.8 Å². The molecule has 18 heavy (non-hydrogen) atoms. The van der Waals surface area contributed by atoms with Gasteiger partial charge in [0.2, 0.25) is 0 Å². The summed E-state index contributed by atoms with van der Waals surface area (Å²) in [5.74, 6) is 1.74. The number of aliphatic imine (C=N–C) groups is 1. The van der Waals surface area contributed by atoms with Crippen molar-refractivity contribution in [3.63, 3.8) is 0 Å². The number of hydrogen-bond acceptors (Lipinski definition) is 2. The van der Waals surface area contributed by atoms with Crippen LogP contribution >= 0.6 is 0 Å². The van der Waals surface area contributed by atoms with Crippen molar-refractivity contribution in [2.24, 2.45) is 4.99 Å². The molecule has 0 radical (unpaired) electrons. The van der Waals surface area contributed by atoms with E-state index in [-0.39, 0.29) is 0 Å². The number of benzene rings is 1. The Hall–Kier alpha value is -1.71. The van der Waals surface area contributed by atoms with Crippen LogP contribution in [0.15, 0.2) is 29.3 Å². The summed E-state index contributed by atoms with van der Waals surface area (Å²) >= 11 is 0. The molecular weight excluding hydrogens is 226 g/mol. The molecule has 4 heteroatoms. The highest BCUT2D eigenvalue weighted by molar-refractivity contribution is 5.79. The van der Waals surface area contributed by atoms with Crippen LogP contribution in [0.5, 0.6) is 5.75 Å². The number of methoxy groups -OCH3 is 1. The van der Waals surface area contributed by atoms with Crippen LogP contribution in [0, 0.1) is 0 Å². The van der Waals surface area contributed by atoms with Crippen LogP contribution in [0.3, 0.4) is 0 Å². The third-order valence-electron chi connectivity index (χ3n) is 2.47. The van der Waals surface area contributed by atoms with Crippen molar-refractivity contribution >= 4 is 5.96 Å². The van der Waals surface area contributed by atoms with Gasteiger partial charge in [0.15, 0.2) is 5.96 Å². The topological polar surface area (TPSA) is 45.7 Å². The van der Waals surface area contributed by atoms with E-state index in [1.165, 1.54) is 5.56 Å². The molecule has 0 aromatic heterocycles. The summed E-state index contributed by atoms with van der Waals surface area (Å²) < 4.78 is 5.13. The van der Waals surface area contributed by atoms with E-state index >= 15 is 0 Å². The predicted octanol–water partition coefficient (Wildman–Crippen LogP) is 2.16. The molecule has 0 aliphatic rings. The largest absolute Gasteiger partial charge is 0.497 e. The maximum atomic E-state index is 5.13. The summed E-state index contributed by atoms with van der Waals surface area (Å²) in [5.41, 5.74) is 1.17. The minimum atomic E-state index is 0.670. The number of nitrogens with one attached hydrogen (secondary N) is 2. The van der Waals surface area contributed by atoms with Gasteiger partial charge in [0.1, 0.15) is 5.75 Å². The highest BCUT2D eigenvalue weighted by Crippen LogP contribution is 2.11. The lowest BCUT2D eigenvalue weighted by atomic mass is 10.2. The summed E-state index contributed by atoms with van der Waals surface area (Å²) in [7, 11) is 1.67. The standard InChI is InChI=1S/C14H23N3O/c1-4-10-16-14(15-5-2)17-11-12-6-8-13(18-3)9-7-12/h6-9H,4-5,10-11H2,1-3H3,(H2,15,16,17). The Labute approximate surface area is 109 Å². The Morgan fingerprint density at radius 2 is 1.89 bits per heavy atom. The summed E-state index contributed by atoms with van der Waals surface area (Å²) in [6, 6.07) is 7.98. The Balaban J connectivity index is 2.56. The van der Waals surface area contributed by atoms with Crippen LogP contribution in [0.25, 0.3) is 0 Å². The summed E-state index contributed by atoms with van der Waals surface area (Å²) in [6.07, 6.45) is 1.09. The molecule has 0 aliphatic carbocycles. The van der Waals surface area contributed by atoms with E-state index in [2.05, 4.69) is 29.5 Å². The predicted molar refractivity (Wildman–Crippen MR) is 76.1 cm³/mol. The van der Waals surface area contributed by atoms with Gasteiger partial charge >= 0.3 is 0 Å². The SMILES string of the molecule is CCCNC(=NCc1ccc(OC)cc1)NCC. The van der Waals surface area contributed by atoms with Crippen LogP contribution < -0.4 is 15.4 Å². The van der Waals surface area contributed by atoms with Gasteiger partial charge in [0.05, 0.1) is 13.7 Å². The smallest absolute Gasteiger partial charge is 0.191 e. The molecule has 1 rings (SSSR count). The molecule has 0 amide bonds. The fourth-order valence-electron chi connectivity index (χ4n) is 1.49. The van der Waals surface area contributed by atoms with Crippen molar-refractivity contribution in [3.8, 4) is 5.75 Å². The van der Waals surface area contributed by atoms with Crippen LogP contribution in [0.2, 0.25) is 0 Å². The van der Waals surface area contributed by atoms with Gasteiger partial charge in [-0.05, 0) is 31.0 Å². The summed E-state index contributed by atoms with van der Waals surface area (Å²) in [4.78, 5) is 4.53. The minimum absolute atomic E-state index is 0.670. The van der Waals surface area contributed by atoms with Gasteiger partial charge in [0, 0.05) is 13.1 Å². The molecular formula is C14H23N3O. The second-order valence-corrected chi connectivity index (χ2v) is 3.97. The summed E-state index contributed by atoms with van der Waals surface area (Å²) in [5, 5.41) is 6.50. The summed E-state index contributed by atoms with van der Waals surface area (Å²) in [6.45, 7) is 6.69. The van der Waals surface area contributed by atoms with E-state index in [1.807, 2.05) is 24.3 Å². The second kappa shape index (κ2) is 8.39. The van der Waals surface area contributed by atoms with Crippen molar-refractivity contribution in [1.29, 1.82) is 0 Å². The Morgan fingerprint density at radius 1 is 1.17 bits per heavy atom. The number of nitrogens with zero attached hydrogens (tertiary/aromatic N) is 1. The molecule has 1 aromatic carbocycles. The van der Waals surface area contributed by atoms with Gasteiger partial charge < -0.3 is 15.4 Å². The van der Waals surface area contributed by atoms with E-state index in [0.29, 0.717) is 6.54 Å². The van der Waals surface area contributed by atoms with Crippen molar-refractivity contribution in [2.75, 3.05) is 20.2 Å². The van der Waals surface area contributed by atoms with Crippen LogP contribution in [0.1, 0.15) is 25.8 Å². The Bertz CT molecular complexity index is 360. The van der Waals surface area contributed by atoms with Gasteiger partial charge in [-0.25, -0.2) is 4.99 Å². The first-order chi connectivity index (χ1) is 8.80. The van der Waals surface area contributed by atoms with Gasteiger partial charge in [-0.2, -0.15) is 0 Å². The first-order valence-electron chi connectivity index (χ1n) is 6.45. The second-order valence-electron chi connectivity index (χ2n) is 3.97. The van der Waals surface area contributed by atoms with Gasteiger partial charge in [0.25, 0.3) is 0 Å². The molecule has 0 bridgehead atoms. The van der Waals surface area contributed by atoms with Gasteiger partial charge in [-0.3, -0.25) is 0 Å². The number of guanidine groups is 1. The molecule has 4 nitrogen and oxygen atoms in total. The van der Waals surface area contributed by atoms with Crippen LogP contribution in [-0.4, -0.2) is 26.2 Å². The number of rotatable bonds is 6. The lowest BCUT2D eigenvalue weighted by Gasteiger charge is -2.10. The van der Waals surface area contributed by atoms with E-state index in [4.69, 9.17) is 4.74 Å². The monoisotopic (exact) mass is 249 g/mol. The van der Waals surface area contributed by atoms with E-state index in [1.54, 1.807) is 7.11 Å². The normalized spacial score (nSPS) is 11.2. The maximum Gasteiger partial charge on any atom is 0.191 e. The first-order valence-corrected chi connectivity index (χ1v) is 6.45. The van der Waals surface area contributed by atoms with Crippen molar-refractivity contribution in [1.82, 2.24) is 10.6 Å². The van der Waals surface area contributed by atoms with Gasteiger partial charge in [-0.15, -0.1) is 0 Å². The average Bonchev–Trinajstić information content (AvgIpc) is 2.42. The van der Waals surface area contributed by atoms with Gasteiger partial charge in [-0.1, -0.05) is 19.1 Å². The zero-order chi connectivity index (χ0) is 13.2. The molecule has 0 atom stereocenters. The molecule has 0 fully saturated rings. The quantitative estimate of drug-likeness (QED) is 0.600. The molecule has 100 valence electrons. The van der Waals surface area contributed by atoms with Crippen LogP contribution in [-0.2, 0) is 6.54 Å². The zero-order valence-electron chi connectivity index (χ0n) is 11.5.